The Morgan fingerprint density at radius 3 is 2.45 bits per heavy atom. The second kappa shape index (κ2) is 7.24. The van der Waals surface area contributed by atoms with Gasteiger partial charge in [0.1, 0.15) is 11.8 Å². The van der Waals surface area contributed by atoms with Crippen molar-refractivity contribution in [1.29, 1.82) is 0 Å². The van der Waals surface area contributed by atoms with E-state index < -0.39 is 17.9 Å². The molecule has 1 amide bonds. The van der Waals surface area contributed by atoms with Gasteiger partial charge >= 0.3 is 5.97 Å². The number of nitrogens with zero attached hydrogens (tertiary/aromatic N) is 2. The van der Waals surface area contributed by atoms with Crippen LogP contribution in [-0.2, 0) is 9.59 Å². The van der Waals surface area contributed by atoms with Gasteiger partial charge in [-0.15, -0.1) is 0 Å². The minimum atomic E-state index is -1.00. The lowest BCUT2D eigenvalue weighted by Gasteiger charge is -2.35. The third-order valence-corrected chi connectivity index (χ3v) is 3.82. The topological polar surface area (TPSA) is 93.1 Å². The molecule has 0 spiro atoms. The summed E-state index contributed by atoms with van der Waals surface area (Å²) in [5.41, 5.74) is 0.287. The van der Waals surface area contributed by atoms with Crippen LogP contribution in [0.2, 0.25) is 0 Å². The molecule has 3 N–H and O–H groups in total. The smallest absolute Gasteiger partial charge is 0.321 e. The summed E-state index contributed by atoms with van der Waals surface area (Å²) in [4.78, 5) is 27.4. The zero-order valence-electron chi connectivity index (χ0n) is 12.5. The Kier molecular flexibility index (Phi) is 5.35. The molecular formula is C15H21N3O4. The van der Waals surface area contributed by atoms with Gasteiger partial charge in [-0.2, -0.15) is 0 Å². The fourth-order valence-electron chi connectivity index (χ4n) is 2.46. The Morgan fingerprint density at radius 1 is 1.23 bits per heavy atom. The molecule has 22 heavy (non-hydrogen) atoms. The molecule has 1 saturated heterocycles. The first-order chi connectivity index (χ1) is 10.5. The van der Waals surface area contributed by atoms with Crippen LogP contribution in [0.25, 0.3) is 0 Å². The number of carbonyl (C=O) groups excluding carboxylic acids is 1. The van der Waals surface area contributed by atoms with Gasteiger partial charge < -0.3 is 20.4 Å². The number of hydrogen-bond donors (Lipinski definition) is 3. The number of nitrogens with one attached hydrogen (secondary N) is 1. The van der Waals surface area contributed by atoms with Crippen molar-refractivity contribution in [1.82, 2.24) is 9.80 Å². The van der Waals surface area contributed by atoms with E-state index in [-0.39, 0.29) is 17.9 Å². The SMILES string of the molecule is CN1CCN(C(CC(=O)Nc2ccccc2O)C(=O)O)CC1. The van der Waals surface area contributed by atoms with Crippen molar-refractivity contribution < 1.29 is 19.8 Å². The normalized spacial score (nSPS) is 17.9. The molecule has 1 unspecified atom stereocenters. The quantitative estimate of drug-likeness (QED) is 0.683. The molecule has 1 fully saturated rings. The van der Waals surface area contributed by atoms with Crippen LogP contribution in [0.4, 0.5) is 5.69 Å². The number of rotatable bonds is 5. The standard InChI is InChI=1S/C15H21N3O4/c1-17-6-8-18(9-7-17)12(15(21)22)10-14(20)16-11-4-2-3-5-13(11)19/h2-5,12,19H,6-10H2,1H3,(H,16,20)(H,21,22). The average Bonchev–Trinajstić information content (AvgIpc) is 2.48. The highest BCUT2D eigenvalue weighted by molar-refractivity contribution is 5.95. The summed E-state index contributed by atoms with van der Waals surface area (Å²) in [5, 5.41) is 21.6. The van der Waals surface area contributed by atoms with Crippen LogP contribution >= 0.6 is 0 Å². The fourth-order valence-corrected chi connectivity index (χ4v) is 2.46. The number of likely N-dealkylation sites (N-methyl/N-ethyl adjacent to an activating group) is 1. The summed E-state index contributed by atoms with van der Waals surface area (Å²) in [6.45, 7) is 2.81. The first-order valence-electron chi connectivity index (χ1n) is 7.20. The second-order valence-corrected chi connectivity index (χ2v) is 5.46. The summed E-state index contributed by atoms with van der Waals surface area (Å²) in [5.74, 6) is -1.47. The molecule has 1 atom stereocenters. The minimum Gasteiger partial charge on any atom is -0.506 e. The number of piperazine rings is 1. The van der Waals surface area contributed by atoms with Gasteiger partial charge in [0.2, 0.25) is 5.91 Å². The lowest BCUT2D eigenvalue weighted by Crippen LogP contribution is -2.52. The molecule has 0 radical (unpaired) electrons. The maximum absolute atomic E-state index is 12.1. The van der Waals surface area contributed by atoms with E-state index in [2.05, 4.69) is 10.2 Å². The number of carbonyl (C=O) groups is 2. The Morgan fingerprint density at radius 2 is 1.86 bits per heavy atom. The number of aliphatic carboxylic acids is 1. The van der Waals surface area contributed by atoms with Gasteiger partial charge in [0, 0.05) is 26.2 Å². The number of benzene rings is 1. The van der Waals surface area contributed by atoms with Gasteiger partial charge in [-0.25, -0.2) is 0 Å². The zero-order chi connectivity index (χ0) is 16.1. The van der Waals surface area contributed by atoms with Crippen LogP contribution in [0.1, 0.15) is 6.42 Å². The Bertz CT molecular complexity index is 541. The highest BCUT2D eigenvalue weighted by Crippen LogP contribution is 2.22. The van der Waals surface area contributed by atoms with E-state index in [0.717, 1.165) is 13.1 Å². The number of phenols is 1. The molecule has 1 aliphatic heterocycles. The van der Waals surface area contributed by atoms with Gasteiger partial charge in [-0.3, -0.25) is 14.5 Å². The molecule has 2 rings (SSSR count). The summed E-state index contributed by atoms with van der Waals surface area (Å²) in [7, 11) is 1.98. The van der Waals surface area contributed by atoms with E-state index in [0.29, 0.717) is 13.1 Å². The van der Waals surface area contributed by atoms with Crippen LogP contribution in [-0.4, -0.2) is 71.2 Å². The van der Waals surface area contributed by atoms with Crippen LogP contribution in [0.15, 0.2) is 24.3 Å². The zero-order valence-corrected chi connectivity index (χ0v) is 12.5. The molecule has 7 nitrogen and oxygen atoms in total. The molecule has 1 heterocycles. The van der Waals surface area contributed by atoms with Crippen molar-refractivity contribution >= 4 is 17.6 Å². The second-order valence-electron chi connectivity index (χ2n) is 5.46. The van der Waals surface area contributed by atoms with Gasteiger partial charge in [0.05, 0.1) is 12.1 Å². The van der Waals surface area contributed by atoms with Crippen molar-refractivity contribution in [3.8, 4) is 5.75 Å². The molecular weight excluding hydrogens is 286 g/mol. The number of hydrogen-bond acceptors (Lipinski definition) is 5. The van der Waals surface area contributed by atoms with Crippen molar-refractivity contribution in [2.24, 2.45) is 0 Å². The third-order valence-electron chi connectivity index (χ3n) is 3.82. The lowest BCUT2D eigenvalue weighted by molar-refractivity contribution is -0.145. The van der Waals surface area contributed by atoms with Crippen LogP contribution in [0.3, 0.4) is 0 Å². The third kappa shape index (κ3) is 4.19. The molecule has 1 aromatic carbocycles. The van der Waals surface area contributed by atoms with E-state index in [4.69, 9.17) is 0 Å². The fraction of sp³-hybridized carbons (Fsp3) is 0.467. The van der Waals surface area contributed by atoms with E-state index in [9.17, 15) is 19.8 Å². The number of amides is 1. The predicted molar refractivity (Wildman–Crippen MR) is 81.8 cm³/mol. The Labute approximate surface area is 129 Å². The monoisotopic (exact) mass is 307 g/mol. The molecule has 120 valence electrons. The van der Waals surface area contributed by atoms with Gasteiger partial charge in [0.15, 0.2) is 0 Å². The molecule has 0 bridgehead atoms. The number of para-hydroxylation sites is 2. The Hall–Kier alpha value is -2.12. The van der Waals surface area contributed by atoms with Crippen molar-refractivity contribution in [2.45, 2.75) is 12.5 Å². The summed E-state index contributed by atoms with van der Waals surface area (Å²) in [6, 6.07) is 5.52. The minimum absolute atomic E-state index is 0.0395. The van der Waals surface area contributed by atoms with Gasteiger partial charge in [-0.05, 0) is 19.2 Å². The largest absolute Gasteiger partial charge is 0.506 e. The maximum atomic E-state index is 12.1. The number of carboxylic acids is 1. The summed E-state index contributed by atoms with van der Waals surface area (Å²) >= 11 is 0. The molecule has 1 aromatic rings. The van der Waals surface area contributed by atoms with Gasteiger partial charge in [-0.1, -0.05) is 12.1 Å². The Balaban J connectivity index is 1.97. The molecule has 1 aliphatic rings. The number of anilines is 1. The highest BCUT2D eigenvalue weighted by Gasteiger charge is 2.30. The van der Waals surface area contributed by atoms with E-state index in [1.165, 1.54) is 6.07 Å². The number of phenolic OH excluding ortho intramolecular Hbond substituents is 1. The average molecular weight is 307 g/mol. The summed E-state index contributed by atoms with van der Waals surface area (Å²) < 4.78 is 0. The van der Waals surface area contributed by atoms with Crippen molar-refractivity contribution in [3.63, 3.8) is 0 Å². The predicted octanol–water partition coefficient (Wildman–Crippen LogP) is 0.421. The first-order valence-corrected chi connectivity index (χ1v) is 7.20. The number of carboxylic acid groups (broad SMARTS) is 1. The lowest BCUT2D eigenvalue weighted by atomic mass is 10.1. The molecule has 0 aliphatic carbocycles. The van der Waals surface area contributed by atoms with Crippen LogP contribution < -0.4 is 5.32 Å². The number of aromatic hydroxyl groups is 1. The molecule has 7 heteroatoms. The van der Waals surface area contributed by atoms with Crippen molar-refractivity contribution in [3.05, 3.63) is 24.3 Å². The molecule has 0 aromatic heterocycles. The van der Waals surface area contributed by atoms with Crippen LogP contribution in [0, 0.1) is 0 Å². The van der Waals surface area contributed by atoms with E-state index in [1.54, 1.807) is 18.2 Å². The first kappa shape index (κ1) is 16.3. The van der Waals surface area contributed by atoms with E-state index >= 15 is 0 Å². The maximum Gasteiger partial charge on any atom is 0.321 e. The van der Waals surface area contributed by atoms with Gasteiger partial charge in [0.25, 0.3) is 0 Å². The highest BCUT2D eigenvalue weighted by atomic mass is 16.4. The van der Waals surface area contributed by atoms with Crippen molar-refractivity contribution in [2.75, 3.05) is 38.5 Å². The van der Waals surface area contributed by atoms with Crippen LogP contribution in [0.5, 0.6) is 5.75 Å². The van der Waals surface area contributed by atoms with E-state index in [1.807, 2.05) is 11.9 Å². The summed E-state index contributed by atoms with van der Waals surface area (Å²) in [6.07, 6.45) is -0.145. The molecule has 0 saturated carbocycles.